The predicted molar refractivity (Wildman–Crippen MR) is 86.9 cm³/mol. The summed E-state index contributed by atoms with van der Waals surface area (Å²) >= 11 is 1.57. The van der Waals surface area contributed by atoms with E-state index in [-0.39, 0.29) is 5.91 Å². The molecule has 1 N–H and O–H groups in total. The fourth-order valence-electron chi connectivity index (χ4n) is 2.06. The molecule has 0 atom stereocenters. The van der Waals surface area contributed by atoms with Crippen LogP contribution in [0.4, 0.5) is 0 Å². The van der Waals surface area contributed by atoms with Crippen LogP contribution < -0.4 is 5.32 Å². The third-order valence-corrected chi connectivity index (χ3v) is 4.34. The first-order valence-corrected chi connectivity index (χ1v) is 7.85. The highest BCUT2D eigenvalue weighted by atomic mass is 32.1. The van der Waals surface area contributed by atoms with E-state index in [0.717, 1.165) is 10.4 Å². The molecule has 3 aromatic rings. The zero-order valence-electron chi connectivity index (χ0n) is 12.4. The summed E-state index contributed by atoms with van der Waals surface area (Å²) in [6.07, 6.45) is 1.58. The van der Waals surface area contributed by atoms with Crippen molar-refractivity contribution >= 4 is 17.2 Å². The molecular weight excluding hydrogens is 296 g/mol. The maximum atomic E-state index is 12.1. The minimum Gasteiger partial charge on any atom is -0.443 e. The van der Waals surface area contributed by atoms with Crippen molar-refractivity contribution in [2.75, 3.05) is 0 Å². The van der Waals surface area contributed by atoms with Gasteiger partial charge in [-0.2, -0.15) is 0 Å². The molecule has 112 valence electrons. The quantitative estimate of drug-likeness (QED) is 0.793. The summed E-state index contributed by atoms with van der Waals surface area (Å²) in [7, 11) is 0. The summed E-state index contributed by atoms with van der Waals surface area (Å²) < 4.78 is 5.43. The molecule has 0 saturated heterocycles. The Bertz CT molecular complexity index is 791. The van der Waals surface area contributed by atoms with Gasteiger partial charge in [0.05, 0.1) is 17.1 Å². The second-order valence-electron chi connectivity index (χ2n) is 5.10. The number of hydrogen-bond donors (Lipinski definition) is 1. The maximum Gasteiger partial charge on any atom is 0.251 e. The van der Waals surface area contributed by atoms with Gasteiger partial charge >= 0.3 is 0 Å². The summed E-state index contributed by atoms with van der Waals surface area (Å²) in [6.45, 7) is 4.37. The van der Waals surface area contributed by atoms with Crippen LogP contribution in [0.25, 0.3) is 10.8 Å². The first-order chi connectivity index (χ1) is 10.6. The number of amides is 1. The predicted octanol–water partition coefficient (Wildman–Crippen LogP) is 3.95. The van der Waals surface area contributed by atoms with Crippen LogP contribution >= 0.6 is 11.3 Å². The Morgan fingerprint density at radius 1 is 1.27 bits per heavy atom. The molecule has 0 aliphatic carbocycles. The average molecular weight is 312 g/mol. The Balaban J connectivity index is 1.65. The van der Waals surface area contributed by atoms with Crippen LogP contribution in [-0.4, -0.2) is 10.9 Å². The molecule has 0 spiro atoms. The Hall–Kier alpha value is -2.40. The third-order valence-electron chi connectivity index (χ3n) is 3.48. The molecule has 0 bridgehead atoms. The van der Waals surface area contributed by atoms with Gasteiger partial charge < -0.3 is 9.73 Å². The van der Waals surface area contributed by atoms with Gasteiger partial charge in [0.15, 0.2) is 0 Å². The molecule has 0 radical (unpaired) electrons. The number of oxazole rings is 1. The van der Waals surface area contributed by atoms with Gasteiger partial charge in [-0.05, 0) is 48.6 Å². The van der Waals surface area contributed by atoms with Crippen LogP contribution in [0.1, 0.15) is 27.2 Å². The molecular formula is C17H16N2O2S. The third kappa shape index (κ3) is 3.09. The number of nitrogens with one attached hydrogen (secondary N) is 1. The van der Waals surface area contributed by atoms with Crippen molar-refractivity contribution in [2.45, 2.75) is 20.4 Å². The number of rotatable bonds is 4. The van der Waals surface area contributed by atoms with E-state index in [2.05, 4.69) is 10.3 Å². The van der Waals surface area contributed by atoms with Gasteiger partial charge in [-0.3, -0.25) is 4.79 Å². The monoisotopic (exact) mass is 312 g/mol. The summed E-state index contributed by atoms with van der Waals surface area (Å²) in [4.78, 5) is 17.5. The lowest BCUT2D eigenvalue weighted by molar-refractivity contribution is 0.0950. The van der Waals surface area contributed by atoms with Crippen LogP contribution in [-0.2, 0) is 6.54 Å². The van der Waals surface area contributed by atoms with E-state index in [1.807, 2.05) is 49.6 Å². The molecule has 5 heteroatoms. The molecule has 0 fully saturated rings. The zero-order valence-corrected chi connectivity index (χ0v) is 13.2. The fourth-order valence-corrected chi connectivity index (χ4v) is 2.71. The lowest BCUT2D eigenvalue weighted by atomic mass is 10.1. The van der Waals surface area contributed by atoms with Gasteiger partial charge in [0.25, 0.3) is 5.91 Å². The molecule has 1 aromatic carbocycles. The van der Waals surface area contributed by atoms with E-state index in [9.17, 15) is 4.79 Å². The molecule has 0 unspecified atom stereocenters. The second kappa shape index (κ2) is 6.15. The molecule has 0 aliphatic heterocycles. The summed E-state index contributed by atoms with van der Waals surface area (Å²) in [6, 6.07) is 9.58. The Labute approximate surface area is 132 Å². The highest BCUT2D eigenvalue weighted by molar-refractivity contribution is 7.13. The minimum atomic E-state index is -0.108. The van der Waals surface area contributed by atoms with E-state index in [1.165, 1.54) is 5.56 Å². The minimum absolute atomic E-state index is 0.108. The molecule has 0 aliphatic rings. The SMILES string of the molecule is Cc1ccc(C(=O)NCc2coc(-c3cccs3)n2)cc1C. The van der Waals surface area contributed by atoms with Gasteiger partial charge in [0.2, 0.25) is 5.89 Å². The fraction of sp³-hybridized carbons (Fsp3) is 0.176. The topological polar surface area (TPSA) is 55.1 Å². The van der Waals surface area contributed by atoms with Crippen molar-refractivity contribution in [3.05, 3.63) is 64.4 Å². The highest BCUT2D eigenvalue weighted by Gasteiger charge is 2.10. The van der Waals surface area contributed by atoms with Crippen LogP contribution in [0.5, 0.6) is 0 Å². The second-order valence-corrected chi connectivity index (χ2v) is 6.05. The van der Waals surface area contributed by atoms with Crippen molar-refractivity contribution in [2.24, 2.45) is 0 Å². The maximum absolute atomic E-state index is 12.1. The van der Waals surface area contributed by atoms with Crippen LogP contribution in [0.3, 0.4) is 0 Å². The molecule has 2 aromatic heterocycles. The summed E-state index contributed by atoms with van der Waals surface area (Å²) in [5.41, 5.74) is 3.65. The summed E-state index contributed by atoms with van der Waals surface area (Å²) in [5, 5.41) is 4.84. The average Bonchev–Trinajstić information content (AvgIpc) is 3.18. The molecule has 1 amide bonds. The molecule has 3 rings (SSSR count). The Kier molecular flexibility index (Phi) is 4.06. The normalized spacial score (nSPS) is 10.6. The standard InChI is InChI=1S/C17H16N2O2S/c1-11-5-6-13(8-12(11)2)16(20)18-9-14-10-21-17(19-14)15-4-3-7-22-15/h3-8,10H,9H2,1-2H3,(H,18,20). The van der Waals surface area contributed by atoms with E-state index >= 15 is 0 Å². The zero-order chi connectivity index (χ0) is 15.5. The van der Waals surface area contributed by atoms with Gasteiger partial charge in [0, 0.05) is 5.56 Å². The smallest absolute Gasteiger partial charge is 0.251 e. The number of carbonyl (C=O) groups is 1. The van der Waals surface area contributed by atoms with Gasteiger partial charge in [0.1, 0.15) is 6.26 Å². The molecule has 2 heterocycles. The highest BCUT2D eigenvalue weighted by Crippen LogP contribution is 2.23. The lowest BCUT2D eigenvalue weighted by Crippen LogP contribution is -2.23. The number of aromatic nitrogens is 1. The molecule has 0 saturated carbocycles. The molecule has 22 heavy (non-hydrogen) atoms. The van der Waals surface area contributed by atoms with Crippen molar-refractivity contribution in [3.63, 3.8) is 0 Å². The largest absolute Gasteiger partial charge is 0.443 e. The number of aryl methyl sites for hydroxylation is 2. The first-order valence-electron chi connectivity index (χ1n) is 6.97. The number of thiophene rings is 1. The Morgan fingerprint density at radius 3 is 2.86 bits per heavy atom. The van der Waals surface area contributed by atoms with E-state index in [4.69, 9.17) is 4.42 Å². The van der Waals surface area contributed by atoms with E-state index < -0.39 is 0 Å². The van der Waals surface area contributed by atoms with Gasteiger partial charge in [-0.1, -0.05) is 12.1 Å². The van der Waals surface area contributed by atoms with Crippen molar-refractivity contribution in [1.29, 1.82) is 0 Å². The van der Waals surface area contributed by atoms with E-state index in [0.29, 0.717) is 23.7 Å². The number of hydrogen-bond acceptors (Lipinski definition) is 4. The Morgan fingerprint density at radius 2 is 2.14 bits per heavy atom. The van der Waals surface area contributed by atoms with E-state index in [1.54, 1.807) is 17.6 Å². The van der Waals surface area contributed by atoms with Crippen molar-refractivity contribution in [1.82, 2.24) is 10.3 Å². The number of nitrogens with zero attached hydrogens (tertiary/aromatic N) is 1. The van der Waals surface area contributed by atoms with Crippen molar-refractivity contribution in [3.8, 4) is 10.8 Å². The number of benzene rings is 1. The number of carbonyl (C=O) groups excluding carboxylic acids is 1. The van der Waals surface area contributed by atoms with Crippen LogP contribution in [0.15, 0.2) is 46.4 Å². The van der Waals surface area contributed by atoms with Gasteiger partial charge in [-0.15, -0.1) is 11.3 Å². The summed E-state index contributed by atoms with van der Waals surface area (Å²) in [5.74, 6) is 0.481. The van der Waals surface area contributed by atoms with Crippen LogP contribution in [0.2, 0.25) is 0 Å². The first kappa shape index (κ1) is 14.5. The lowest BCUT2D eigenvalue weighted by Gasteiger charge is -2.05. The van der Waals surface area contributed by atoms with Crippen molar-refractivity contribution < 1.29 is 9.21 Å². The van der Waals surface area contributed by atoms with Gasteiger partial charge in [-0.25, -0.2) is 4.98 Å². The van der Waals surface area contributed by atoms with Crippen LogP contribution in [0, 0.1) is 13.8 Å². The molecule has 4 nitrogen and oxygen atoms in total.